The molecular formula is C26H27IN2O4. The van der Waals surface area contributed by atoms with Crippen LogP contribution < -0.4 is 0 Å². The molecule has 0 saturated carbocycles. The largest absolute Gasteiger partial charge is 0.447 e. The van der Waals surface area contributed by atoms with Gasteiger partial charge in [-0.05, 0) is 68.3 Å². The van der Waals surface area contributed by atoms with Crippen molar-refractivity contribution in [2.24, 2.45) is 0 Å². The number of ether oxygens (including phenoxy) is 2. The predicted molar refractivity (Wildman–Crippen MR) is 135 cm³/mol. The van der Waals surface area contributed by atoms with Crippen molar-refractivity contribution in [1.29, 1.82) is 0 Å². The molecule has 2 amide bonds. The smallest absolute Gasteiger partial charge is 0.417 e. The first-order chi connectivity index (χ1) is 15.7. The Morgan fingerprint density at radius 2 is 1.85 bits per heavy atom. The SMILES string of the molecule is Cc1nc2ccccc2c(I)c1C(OC(C)(C)C)C(=O)N1C(=O)OC[C@H]1Cc1ccccc1. The van der Waals surface area contributed by atoms with Gasteiger partial charge in [0, 0.05) is 20.2 Å². The van der Waals surface area contributed by atoms with Gasteiger partial charge in [-0.1, -0.05) is 48.5 Å². The number of carbonyl (C=O) groups excluding carboxylic acids is 2. The first-order valence-corrected chi connectivity index (χ1v) is 12.0. The quantitative estimate of drug-likeness (QED) is 0.382. The molecule has 1 aliphatic heterocycles. The number of halogens is 1. The monoisotopic (exact) mass is 558 g/mol. The van der Waals surface area contributed by atoms with Crippen LogP contribution in [0.25, 0.3) is 10.9 Å². The van der Waals surface area contributed by atoms with Crippen molar-refractivity contribution in [2.75, 3.05) is 6.61 Å². The third-order valence-electron chi connectivity index (χ3n) is 5.53. The molecule has 1 unspecified atom stereocenters. The van der Waals surface area contributed by atoms with Crippen LogP contribution in [0.2, 0.25) is 0 Å². The number of para-hydroxylation sites is 1. The van der Waals surface area contributed by atoms with E-state index < -0.39 is 29.7 Å². The molecule has 0 radical (unpaired) electrons. The number of rotatable bonds is 5. The second kappa shape index (κ2) is 9.38. The molecular weight excluding hydrogens is 531 g/mol. The number of fused-ring (bicyclic) bond motifs is 1. The molecule has 0 aliphatic carbocycles. The summed E-state index contributed by atoms with van der Waals surface area (Å²) in [6.07, 6.45) is -1.10. The van der Waals surface area contributed by atoms with E-state index >= 15 is 0 Å². The van der Waals surface area contributed by atoms with Crippen molar-refractivity contribution < 1.29 is 19.1 Å². The average molecular weight is 558 g/mol. The van der Waals surface area contributed by atoms with Gasteiger partial charge in [-0.2, -0.15) is 0 Å². The lowest BCUT2D eigenvalue weighted by molar-refractivity contribution is -0.152. The van der Waals surface area contributed by atoms with Gasteiger partial charge in [-0.25, -0.2) is 9.69 Å². The van der Waals surface area contributed by atoms with E-state index in [0.717, 1.165) is 20.0 Å². The van der Waals surface area contributed by atoms with Gasteiger partial charge in [0.25, 0.3) is 5.91 Å². The molecule has 33 heavy (non-hydrogen) atoms. The normalized spacial score (nSPS) is 17.3. The zero-order chi connectivity index (χ0) is 23.8. The van der Waals surface area contributed by atoms with Crippen molar-refractivity contribution >= 4 is 45.5 Å². The van der Waals surface area contributed by atoms with E-state index in [2.05, 4.69) is 22.6 Å². The summed E-state index contributed by atoms with van der Waals surface area (Å²) >= 11 is 2.25. The lowest BCUT2D eigenvalue weighted by Crippen LogP contribution is -2.45. The summed E-state index contributed by atoms with van der Waals surface area (Å²) in [5.74, 6) is -0.425. The van der Waals surface area contributed by atoms with Gasteiger partial charge in [0.05, 0.1) is 17.2 Å². The van der Waals surface area contributed by atoms with Crippen LogP contribution in [0.5, 0.6) is 0 Å². The van der Waals surface area contributed by atoms with Crippen LogP contribution in [0, 0.1) is 10.5 Å². The summed E-state index contributed by atoms with van der Waals surface area (Å²) in [5.41, 5.74) is 2.65. The van der Waals surface area contributed by atoms with E-state index in [1.807, 2.05) is 82.3 Å². The number of cyclic esters (lactones) is 1. The molecule has 0 N–H and O–H groups in total. The summed E-state index contributed by atoms with van der Waals surface area (Å²) in [6.45, 7) is 7.73. The summed E-state index contributed by atoms with van der Waals surface area (Å²) in [5, 5.41) is 0.943. The van der Waals surface area contributed by atoms with Crippen LogP contribution in [-0.4, -0.2) is 40.1 Å². The third kappa shape index (κ3) is 5.04. The number of aromatic nitrogens is 1. The molecule has 172 valence electrons. The molecule has 6 nitrogen and oxygen atoms in total. The minimum Gasteiger partial charge on any atom is -0.447 e. The lowest BCUT2D eigenvalue weighted by Gasteiger charge is -2.31. The summed E-state index contributed by atoms with van der Waals surface area (Å²) in [4.78, 5) is 32.6. The third-order valence-corrected chi connectivity index (χ3v) is 6.69. The van der Waals surface area contributed by atoms with Crippen molar-refractivity contribution in [3.05, 3.63) is 75.0 Å². The number of imide groups is 1. The first-order valence-electron chi connectivity index (χ1n) is 10.9. The van der Waals surface area contributed by atoms with Crippen LogP contribution in [-0.2, 0) is 20.7 Å². The molecule has 1 aliphatic rings. The number of amides is 2. The molecule has 0 bridgehead atoms. The minimum atomic E-state index is -0.988. The highest BCUT2D eigenvalue weighted by Crippen LogP contribution is 2.36. The highest BCUT2D eigenvalue weighted by Gasteiger charge is 2.44. The van der Waals surface area contributed by atoms with Crippen molar-refractivity contribution in [3.63, 3.8) is 0 Å². The summed E-state index contributed by atoms with van der Waals surface area (Å²) in [7, 11) is 0. The predicted octanol–water partition coefficient (Wildman–Crippen LogP) is 5.59. The van der Waals surface area contributed by atoms with Crippen LogP contribution in [0.4, 0.5) is 4.79 Å². The van der Waals surface area contributed by atoms with Gasteiger partial charge < -0.3 is 9.47 Å². The molecule has 4 rings (SSSR count). The van der Waals surface area contributed by atoms with Crippen molar-refractivity contribution in [2.45, 2.75) is 51.9 Å². The lowest BCUT2D eigenvalue weighted by atomic mass is 10.0. The Morgan fingerprint density at radius 3 is 2.55 bits per heavy atom. The topological polar surface area (TPSA) is 68.7 Å². The Balaban J connectivity index is 1.76. The molecule has 1 saturated heterocycles. The summed E-state index contributed by atoms with van der Waals surface area (Å²) in [6, 6.07) is 17.2. The Labute approximate surface area is 207 Å². The molecule has 2 aromatic carbocycles. The Morgan fingerprint density at radius 1 is 1.18 bits per heavy atom. The van der Waals surface area contributed by atoms with Crippen molar-refractivity contribution in [1.82, 2.24) is 9.88 Å². The van der Waals surface area contributed by atoms with E-state index in [9.17, 15) is 9.59 Å². The van der Waals surface area contributed by atoms with Crippen molar-refractivity contribution in [3.8, 4) is 0 Å². The number of hydrogen-bond acceptors (Lipinski definition) is 5. The molecule has 2 heterocycles. The van der Waals surface area contributed by atoms with E-state index in [4.69, 9.17) is 14.5 Å². The van der Waals surface area contributed by atoms with Crippen LogP contribution in [0.15, 0.2) is 54.6 Å². The van der Waals surface area contributed by atoms with Gasteiger partial charge in [0.15, 0.2) is 6.10 Å². The van der Waals surface area contributed by atoms with Gasteiger partial charge in [0.2, 0.25) is 0 Å². The number of benzene rings is 2. The second-order valence-corrected chi connectivity index (χ2v) is 10.3. The van der Waals surface area contributed by atoms with Gasteiger partial charge >= 0.3 is 6.09 Å². The van der Waals surface area contributed by atoms with Crippen LogP contribution in [0.1, 0.15) is 43.7 Å². The fourth-order valence-corrected chi connectivity index (χ4v) is 5.22. The van der Waals surface area contributed by atoms with E-state index in [-0.39, 0.29) is 6.61 Å². The molecule has 1 fully saturated rings. The molecule has 1 aromatic heterocycles. The van der Waals surface area contributed by atoms with Gasteiger partial charge in [-0.15, -0.1) is 0 Å². The number of aryl methyl sites for hydroxylation is 1. The summed E-state index contributed by atoms with van der Waals surface area (Å²) < 4.78 is 12.5. The second-order valence-electron chi connectivity index (χ2n) is 9.18. The number of hydrogen-bond donors (Lipinski definition) is 0. The molecule has 7 heteroatoms. The molecule has 0 spiro atoms. The number of nitrogens with zero attached hydrogens (tertiary/aromatic N) is 2. The van der Waals surface area contributed by atoms with E-state index in [1.54, 1.807) is 0 Å². The van der Waals surface area contributed by atoms with E-state index in [0.29, 0.717) is 17.7 Å². The standard InChI is InChI=1S/C26H27IN2O4/c1-16-21(22(27)19-12-8-9-13-20(19)28-16)23(33-26(2,3)4)24(30)29-18(15-32-25(29)31)14-17-10-6-5-7-11-17/h5-13,18,23H,14-15H2,1-4H3/t18-,23?/m1/s1. The Hall–Kier alpha value is -2.52. The maximum absolute atomic E-state index is 13.9. The van der Waals surface area contributed by atoms with Gasteiger partial charge in [-0.3, -0.25) is 9.78 Å². The maximum atomic E-state index is 13.9. The Bertz CT molecular complexity index is 1190. The maximum Gasteiger partial charge on any atom is 0.417 e. The first kappa shape index (κ1) is 23.6. The number of pyridine rings is 1. The highest BCUT2D eigenvalue weighted by molar-refractivity contribution is 14.1. The van der Waals surface area contributed by atoms with Crippen LogP contribution >= 0.6 is 22.6 Å². The number of carbonyl (C=O) groups is 2. The Kier molecular flexibility index (Phi) is 6.72. The fourth-order valence-electron chi connectivity index (χ4n) is 4.09. The highest BCUT2D eigenvalue weighted by atomic mass is 127. The fraction of sp³-hybridized carbons (Fsp3) is 0.346. The van der Waals surface area contributed by atoms with Gasteiger partial charge in [0.1, 0.15) is 6.61 Å². The average Bonchev–Trinajstić information content (AvgIpc) is 3.12. The van der Waals surface area contributed by atoms with Crippen LogP contribution in [0.3, 0.4) is 0 Å². The molecule has 3 aromatic rings. The molecule has 2 atom stereocenters. The zero-order valence-electron chi connectivity index (χ0n) is 19.2. The minimum absolute atomic E-state index is 0.160. The van der Waals surface area contributed by atoms with E-state index in [1.165, 1.54) is 4.90 Å². The zero-order valence-corrected chi connectivity index (χ0v) is 21.3.